The number of unbranched alkanes of at least 4 members (excludes halogenated alkanes) is 1. The van der Waals surface area contributed by atoms with Gasteiger partial charge in [0.2, 0.25) is 5.88 Å². The molecular formula is C26H31F3N4O. The summed E-state index contributed by atoms with van der Waals surface area (Å²) in [4.78, 5) is 14.3. The Hall–Kier alpha value is -2.87. The second-order valence-corrected chi connectivity index (χ2v) is 9.08. The second-order valence-electron chi connectivity index (χ2n) is 9.08. The molecule has 2 aromatic heterocycles. The van der Waals surface area contributed by atoms with Gasteiger partial charge in [-0.2, -0.15) is 13.2 Å². The number of piperidine rings is 1. The summed E-state index contributed by atoms with van der Waals surface area (Å²) in [5.41, 5.74) is 0.937. The molecule has 1 aliphatic heterocycles. The molecule has 0 unspecified atom stereocenters. The summed E-state index contributed by atoms with van der Waals surface area (Å²) < 4.78 is 46.3. The maximum Gasteiger partial charge on any atom is 0.417 e. The van der Waals surface area contributed by atoms with Gasteiger partial charge in [0.05, 0.1) is 17.9 Å². The van der Waals surface area contributed by atoms with Gasteiger partial charge in [-0.05, 0) is 70.8 Å². The molecule has 182 valence electrons. The first-order valence-electron chi connectivity index (χ1n) is 11.8. The van der Waals surface area contributed by atoms with Crippen LogP contribution in [0.25, 0.3) is 22.6 Å². The lowest BCUT2D eigenvalue weighted by Gasteiger charge is -2.28. The minimum absolute atomic E-state index is 0.0603. The van der Waals surface area contributed by atoms with Crippen LogP contribution in [0, 0.1) is 12.8 Å². The summed E-state index contributed by atoms with van der Waals surface area (Å²) in [6.07, 6.45) is 3.07. The summed E-state index contributed by atoms with van der Waals surface area (Å²) in [7, 11) is 2.18. The number of aryl methyl sites for hydroxylation is 1. The van der Waals surface area contributed by atoms with Gasteiger partial charge in [-0.25, -0.2) is 9.97 Å². The third-order valence-electron chi connectivity index (χ3n) is 6.48. The quantitative estimate of drug-likeness (QED) is 0.388. The number of ether oxygens (including phenoxy) is 1. The van der Waals surface area contributed by atoms with E-state index in [0.717, 1.165) is 30.4 Å². The number of benzene rings is 1. The van der Waals surface area contributed by atoms with E-state index in [2.05, 4.69) is 26.9 Å². The van der Waals surface area contributed by atoms with Crippen LogP contribution in [0.3, 0.4) is 0 Å². The zero-order chi connectivity index (χ0) is 24.1. The van der Waals surface area contributed by atoms with Crippen molar-refractivity contribution in [3.63, 3.8) is 0 Å². The Morgan fingerprint density at radius 3 is 2.65 bits per heavy atom. The van der Waals surface area contributed by atoms with Gasteiger partial charge in [-0.15, -0.1) is 0 Å². The number of aromatic nitrogens is 3. The minimum atomic E-state index is -4.45. The van der Waals surface area contributed by atoms with Gasteiger partial charge in [0, 0.05) is 29.1 Å². The third kappa shape index (κ3) is 5.97. The van der Waals surface area contributed by atoms with Crippen LogP contribution in [0.2, 0.25) is 0 Å². The van der Waals surface area contributed by atoms with Gasteiger partial charge in [-0.1, -0.05) is 24.6 Å². The van der Waals surface area contributed by atoms with Crippen LogP contribution in [-0.2, 0) is 6.18 Å². The summed E-state index contributed by atoms with van der Waals surface area (Å²) in [6, 6.07) is 9.04. The van der Waals surface area contributed by atoms with E-state index in [4.69, 9.17) is 4.74 Å². The van der Waals surface area contributed by atoms with Crippen molar-refractivity contribution in [2.75, 3.05) is 26.7 Å². The third-order valence-corrected chi connectivity index (χ3v) is 6.48. The fourth-order valence-corrected chi connectivity index (χ4v) is 4.49. The van der Waals surface area contributed by atoms with Gasteiger partial charge < -0.3 is 14.6 Å². The topological polar surface area (TPSA) is 54.0 Å². The molecule has 0 bridgehead atoms. The first-order valence-corrected chi connectivity index (χ1v) is 11.8. The van der Waals surface area contributed by atoms with Crippen LogP contribution in [0.15, 0.2) is 42.6 Å². The van der Waals surface area contributed by atoms with E-state index in [1.807, 2.05) is 0 Å². The number of hydrogen-bond acceptors (Lipinski definition) is 4. The van der Waals surface area contributed by atoms with Crippen molar-refractivity contribution in [2.45, 2.75) is 45.2 Å². The fraction of sp³-hybridized carbons (Fsp3) is 0.462. The van der Waals surface area contributed by atoms with Crippen LogP contribution in [0.1, 0.15) is 43.4 Å². The molecule has 5 nitrogen and oxygen atoms in total. The maximum absolute atomic E-state index is 13.5. The van der Waals surface area contributed by atoms with E-state index in [1.165, 1.54) is 44.5 Å². The smallest absolute Gasteiger partial charge is 0.417 e. The number of likely N-dealkylation sites (tertiary alicyclic amines) is 1. The number of alkyl halides is 3. The van der Waals surface area contributed by atoms with Gasteiger partial charge in [0.15, 0.2) is 0 Å². The number of halogens is 3. The van der Waals surface area contributed by atoms with Crippen LogP contribution in [0.4, 0.5) is 13.2 Å². The van der Waals surface area contributed by atoms with E-state index >= 15 is 0 Å². The molecule has 0 radical (unpaired) electrons. The van der Waals surface area contributed by atoms with Crippen molar-refractivity contribution in [2.24, 2.45) is 5.92 Å². The molecule has 3 aromatic rings. The average Bonchev–Trinajstić information content (AvgIpc) is 3.21. The SMILES string of the molecule is Cc1[nH]c(-c2ccnc(OCCCCC3CCN(C)CC3)c2)nc1-c1ccccc1C(F)(F)F. The molecular weight excluding hydrogens is 441 g/mol. The molecule has 1 saturated heterocycles. The van der Waals surface area contributed by atoms with Crippen molar-refractivity contribution in [3.05, 3.63) is 53.9 Å². The lowest BCUT2D eigenvalue weighted by molar-refractivity contribution is -0.137. The van der Waals surface area contributed by atoms with Crippen molar-refractivity contribution in [1.82, 2.24) is 19.9 Å². The highest BCUT2D eigenvalue weighted by atomic mass is 19.4. The Morgan fingerprint density at radius 2 is 1.88 bits per heavy atom. The number of imidazole rings is 1. The monoisotopic (exact) mass is 472 g/mol. The Kier molecular flexibility index (Phi) is 7.56. The molecule has 4 rings (SSSR count). The first kappa shape index (κ1) is 24.3. The molecule has 0 amide bonds. The number of aromatic amines is 1. The number of nitrogens with zero attached hydrogens (tertiary/aromatic N) is 3. The van der Waals surface area contributed by atoms with Crippen LogP contribution < -0.4 is 4.74 Å². The molecule has 8 heteroatoms. The molecule has 1 aliphatic rings. The van der Waals surface area contributed by atoms with Gasteiger partial charge in [0.25, 0.3) is 0 Å². The lowest BCUT2D eigenvalue weighted by atomic mass is 9.92. The predicted molar refractivity (Wildman–Crippen MR) is 127 cm³/mol. The Balaban J connectivity index is 1.38. The Labute approximate surface area is 198 Å². The zero-order valence-corrected chi connectivity index (χ0v) is 19.7. The highest BCUT2D eigenvalue weighted by Crippen LogP contribution is 2.38. The molecule has 34 heavy (non-hydrogen) atoms. The largest absolute Gasteiger partial charge is 0.478 e. The van der Waals surface area contributed by atoms with Gasteiger partial charge in [0.1, 0.15) is 5.82 Å². The van der Waals surface area contributed by atoms with E-state index in [9.17, 15) is 13.2 Å². The molecule has 0 spiro atoms. The number of rotatable bonds is 8. The molecule has 0 atom stereocenters. The van der Waals surface area contributed by atoms with Crippen LogP contribution >= 0.6 is 0 Å². The van der Waals surface area contributed by atoms with Gasteiger partial charge in [-0.3, -0.25) is 0 Å². The molecule has 0 aliphatic carbocycles. The maximum atomic E-state index is 13.5. The number of nitrogens with one attached hydrogen (secondary N) is 1. The number of H-pyrrole nitrogens is 1. The standard InChI is InChI=1S/C26H31F3N4O/c1-18-24(21-8-3-4-9-22(21)26(27,28)29)32-25(31-18)20-10-13-30-23(17-20)34-16-6-5-7-19-11-14-33(2)15-12-19/h3-4,8-10,13,17,19H,5-7,11-12,14-16H2,1-2H3,(H,31,32). The van der Waals surface area contributed by atoms with Crippen LogP contribution in [0.5, 0.6) is 5.88 Å². The average molecular weight is 473 g/mol. The first-order chi connectivity index (χ1) is 16.3. The van der Waals surface area contributed by atoms with Crippen molar-refractivity contribution >= 4 is 0 Å². The van der Waals surface area contributed by atoms with E-state index in [0.29, 0.717) is 24.0 Å². The van der Waals surface area contributed by atoms with E-state index < -0.39 is 11.7 Å². The highest BCUT2D eigenvalue weighted by molar-refractivity contribution is 5.70. The normalized spacial score (nSPS) is 15.6. The summed E-state index contributed by atoms with van der Waals surface area (Å²) >= 11 is 0. The zero-order valence-electron chi connectivity index (χ0n) is 19.7. The molecule has 1 fully saturated rings. The Bertz CT molecular complexity index is 1090. The van der Waals surface area contributed by atoms with Crippen LogP contribution in [-0.4, -0.2) is 46.6 Å². The second kappa shape index (κ2) is 10.6. The molecule has 1 N–H and O–H groups in total. The highest BCUT2D eigenvalue weighted by Gasteiger charge is 2.34. The van der Waals surface area contributed by atoms with E-state index in [1.54, 1.807) is 31.3 Å². The fourth-order valence-electron chi connectivity index (χ4n) is 4.49. The summed E-state index contributed by atoms with van der Waals surface area (Å²) in [6.45, 7) is 4.69. The van der Waals surface area contributed by atoms with Crippen molar-refractivity contribution in [1.29, 1.82) is 0 Å². The lowest BCUT2D eigenvalue weighted by Crippen LogP contribution is -2.30. The van der Waals surface area contributed by atoms with E-state index in [-0.39, 0.29) is 11.3 Å². The minimum Gasteiger partial charge on any atom is -0.478 e. The number of hydrogen-bond donors (Lipinski definition) is 1. The summed E-state index contributed by atoms with van der Waals surface area (Å²) in [5, 5.41) is 0. The predicted octanol–water partition coefficient (Wildman–Crippen LogP) is 6.36. The van der Waals surface area contributed by atoms with Crippen molar-refractivity contribution < 1.29 is 17.9 Å². The van der Waals surface area contributed by atoms with Crippen molar-refractivity contribution in [3.8, 4) is 28.5 Å². The molecule has 1 aromatic carbocycles. The molecule has 3 heterocycles. The number of pyridine rings is 1. The molecule has 0 saturated carbocycles. The van der Waals surface area contributed by atoms with Gasteiger partial charge >= 0.3 is 6.18 Å². The Morgan fingerprint density at radius 1 is 1.12 bits per heavy atom. The summed E-state index contributed by atoms with van der Waals surface area (Å²) in [5.74, 6) is 1.79.